The van der Waals surface area contributed by atoms with Crippen molar-refractivity contribution in [3.63, 3.8) is 0 Å². The largest absolute Gasteiger partial charge is 0.355 e. The highest BCUT2D eigenvalue weighted by molar-refractivity contribution is 6.30. The van der Waals surface area contributed by atoms with Gasteiger partial charge in [0.15, 0.2) is 5.82 Å². The van der Waals surface area contributed by atoms with Crippen molar-refractivity contribution in [2.24, 2.45) is 5.92 Å². The van der Waals surface area contributed by atoms with Crippen LogP contribution in [0.5, 0.6) is 0 Å². The Hall–Kier alpha value is -3.00. The molecule has 0 radical (unpaired) electrons. The molecule has 1 aliphatic heterocycles. The van der Waals surface area contributed by atoms with E-state index in [1.807, 2.05) is 30.0 Å². The molecular weight excluding hydrogens is 354 g/mol. The normalized spacial score (nSPS) is 14.2. The molecule has 1 saturated heterocycles. The summed E-state index contributed by atoms with van der Waals surface area (Å²) in [6, 6.07) is 7.24. The van der Waals surface area contributed by atoms with E-state index >= 15 is 0 Å². The molecule has 9 heteroatoms. The Labute approximate surface area is 154 Å². The number of hydrogen-bond donors (Lipinski definition) is 1. The molecule has 8 nitrogen and oxygen atoms in total. The van der Waals surface area contributed by atoms with Gasteiger partial charge in [-0.3, -0.25) is 4.79 Å². The molecule has 2 aromatic heterocycles. The van der Waals surface area contributed by atoms with Crippen LogP contribution < -0.4 is 10.2 Å². The Morgan fingerprint density at radius 3 is 2.73 bits per heavy atom. The molecule has 1 N–H and O–H groups in total. The number of carbonyl (C=O) groups excluding carboxylic acids is 1. The number of nitrogens with zero attached hydrogens (tertiary/aromatic N) is 6. The van der Waals surface area contributed by atoms with E-state index in [0.717, 1.165) is 17.1 Å². The number of halogens is 1. The molecule has 0 unspecified atom stereocenters. The summed E-state index contributed by atoms with van der Waals surface area (Å²) in [6.45, 7) is 3.12. The highest BCUT2D eigenvalue weighted by Gasteiger charge is 2.33. The minimum Gasteiger partial charge on any atom is -0.355 e. The quantitative estimate of drug-likeness (QED) is 0.757. The van der Waals surface area contributed by atoms with Crippen LogP contribution in [-0.2, 0) is 4.79 Å². The average Bonchev–Trinajstić information content (AvgIpc) is 3.11. The predicted molar refractivity (Wildman–Crippen MR) is 97.5 cm³/mol. The van der Waals surface area contributed by atoms with Gasteiger partial charge in [0, 0.05) is 29.9 Å². The Bertz CT molecular complexity index is 938. The van der Waals surface area contributed by atoms with Gasteiger partial charge in [0.2, 0.25) is 5.91 Å². The lowest BCUT2D eigenvalue weighted by molar-refractivity contribution is -0.120. The lowest BCUT2D eigenvalue weighted by atomic mass is 9.99. The summed E-state index contributed by atoms with van der Waals surface area (Å²) in [5.74, 6) is 1.31. The van der Waals surface area contributed by atoms with Gasteiger partial charge in [0.25, 0.3) is 0 Å². The molecular formula is C17H16ClN7O. The third-order valence-electron chi connectivity index (χ3n) is 4.31. The van der Waals surface area contributed by atoms with Crippen LogP contribution in [0.15, 0.2) is 43.2 Å². The SMILES string of the molecule is Cc1cc(Cl)ccc1NC(=O)C1CN(c2cc(-n3cncn3)ncn2)C1. The second-order valence-electron chi connectivity index (χ2n) is 6.12. The van der Waals surface area contributed by atoms with Gasteiger partial charge >= 0.3 is 0 Å². The Balaban J connectivity index is 1.39. The van der Waals surface area contributed by atoms with Crippen LogP contribution in [0.25, 0.3) is 5.82 Å². The summed E-state index contributed by atoms with van der Waals surface area (Å²) in [5.41, 5.74) is 1.73. The summed E-state index contributed by atoms with van der Waals surface area (Å²) < 4.78 is 1.57. The third-order valence-corrected chi connectivity index (χ3v) is 4.55. The van der Waals surface area contributed by atoms with E-state index in [4.69, 9.17) is 11.6 Å². The number of anilines is 2. The first-order valence-electron chi connectivity index (χ1n) is 8.09. The van der Waals surface area contributed by atoms with Crippen LogP contribution in [-0.4, -0.2) is 43.7 Å². The Morgan fingerprint density at radius 2 is 2.00 bits per heavy atom. The van der Waals surface area contributed by atoms with Crippen LogP contribution in [0.4, 0.5) is 11.5 Å². The molecule has 3 aromatic rings. The summed E-state index contributed by atoms with van der Waals surface area (Å²) in [5, 5.41) is 7.68. The number of amides is 1. The summed E-state index contributed by atoms with van der Waals surface area (Å²) in [7, 11) is 0. The average molecular weight is 370 g/mol. The van der Waals surface area contributed by atoms with Crippen molar-refractivity contribution in [3.8, 4) is 5.82 Å². The second-order valence-corrected chi connectivity index (χ2v) is 6.56. The first kappa shape index (κ1) is 16.5. The maximum Gasteiger partial charge on any atom is 0.231 e. The van der Waals surface area contributed by atoms with Crippen molar-refractivity contribution < 1.29 is 4.79 Å². The Kier molecular flexibility index (Phi) is 4.26. The van der Waals surface area contributed by atoms with Crippen LogP contribution in [0.2, 0.25) is 5.02 Å². The zero-order chi connectivity index (χ0) is 18.1. The zero-order valence-electron chi connectivity index (χ0n) is 14.0. The van der Waals surface area contributed by atoms with Crippen molar-refractivity contribution in [3.05, 3.63) is 53.8 Å². The predicted octanol–water partition coefficient (Wildman–Crippen LogP) is 2.09. The number of aryl methyl sites for hydroxylation is 1. The minimum atomic E-state index is -0.0881. The topological polar surface area (TPSA) is 88.8 Å². The summed E-state index contributed by atoms with van der Waals surface area (Å²) in [4.78, 5) is 26.8. The molecule has 1 aromatic carbocycles. The molecule has 1 amide bonds. The molecule has 26 heavy (non-hydrogen) atoms. The molecule has 0 spiro atoms. The first-order valence-corrected chi connectivity index (χ1v) is 8.47. The maximum absolute atomic E-state index is 12.4. The summed E-state index contributed by atoms with van der Waals surface area (Å²) in [6.07, 6.45) is 4.51. The Morgan fingerprint density at radius 1 is 1.19 bits per heavy atom. The molecule has 0 atom stereocenters. The molecule has 3 heterocycles. The molecule has 0 saturated carbocycles. The molecule has 132 valence electrons. The zero-order valence-corrected chi connectivity index (χ0v) is 14.8. The second kappa shape index (κ2) is 6.72. The summed E-state index contributed by atoms with van der Waals surface area (Å²) >= 11 is 5.95. The minimum absolute atomic E-state index is 0.00257. The van der Waals surface area contributed by atoms with Crippen molar-refractivity contribution >= 4 is 29.0 Å². The smallest absolute Gasteiger partial charge is 0.231 e. The van der Waals surface area contributed by atoms with Crippen molar-refractivity contribution in [2.75, 3.05) is 23.3 Å². The van der Waals surface area contributed by atoms with Gasteiger partial charge in [-0.25, -0.2) is 19.6 Å². The van der Waals surface area contributed by atoms with Crippen molar-refractivity contribution in [1.82, 2.24) is 24.7 Å². The number of nitrogens with one attached hydrogen (secondary N) is 1. The molecule has 0 bridgehead atoms. The lowest BCUT2D eigenvalue weighted by Crippen LogP contribution is -2.52. The van der Waals surface area contributed by atoms with Gasteiger partial charge in [-0.2, -0.15) is 5.10 Å². The fourth-order valence-electron chi connectivity index (χ4n) is 2.80. The molecule has 1 aliphatic rings. The van der Waals surface area contributed by atoms with Gasteiger partial charge in [-0.1, -0.05) is 11.6 Å². The van der Waals surface area contributed by atoms with E-state index in [9.17, 15) is 4.79 Å². The number of hydrogen-bond acceptors (Lipinski definition) is 6. The monoisotopic (exact) mass is 369 g/mol. The van der Waals surface area contributed by atoms with Gasteiger partial charge in [-0.05, 0) is 30.7 Å². The highest BCUT2D eigenvalue weighted by Crippen LogP contribution is 2.26. The van der Waals surface area contributed by atoms with Gasteiger partial charge in [0.05, 0.1) is 5.92 Å². The van der Waals surface area contributed by atoms with Crippen molar-refractivity contribution in [2.45, 2.75) is 6.92 Å². The number of carbonyl (C=O) groups is 1. The highest BCUT2D eigenvalue weighted by atomic mass is 35.5. The number of benzene rings is 1. The van der Waals surface area contributed by atoms with E-state index < -0.39 is 0 Å². The van der Waals surface area contributed by atoms with Gasteiger partial charge < -0.3 is 10.2 Å². The maximum atomic E-state index is 12.4. The van der Waals surface area contributed by atoms with Crippen molar-refractivity contribution in [1.29, 1.82) is 0 Å². The third kappa shape index (κ3) is 3.23. The number of rotatable bonds is 4. The van der Waals surface area contributed by atoms with Gasteiger partial charge in [-0.15, -0.1) is 0 Å². The van der Waals surface area contributed by atoms with E-state index in [-0.39, 0.29) is 11.8 Å². The fourth-order valence-corrected chi connectivity index (χ4v) is 3.02. The van der Waals surface area contributed by atoms with Crippen LogP contribution in [0.1, 0.15) is 5.56 Å². The molecule has 0 aliphatic carbocycles. The van der Waals surface area contributed by atoms with Crippen LogP contribution in [0.3, 0.4) is 0 Å². The lowest BCUT2D eigenvalue weighted by Gasteiger charge is -2.39. The standard InChI is InChI=1S/C17H16ClN7O/c1-11-4-13(18)2-3-14(11)23-17(26)12-6-24(7-12)15-5-16(21-9-20-15)25-10-19-8-22-25/h2-5,8-10,12H,6-7H2,1H3,(H,23,26). The van der Waals surface area contributed by atoms with E-state index in [0.29, 0.717) is 23.9 Å². The van der Waals surface area contributed by atoms with Crippen LogP contribution >= 0.6 is 11.6 Å². The molecule has 1 fully saturated rings. The number of aromatic nitrogens is 5. The van der Waals surface area contributed by atoms with Gasteiger partial charge in [0.1, 0.15) is 24.8 Å². The van der Waals surface area contributed by atoms with E-state index in [1.54, 1.807) is 17.1 Å². The van der Waals surface area contributed by atoms with E-state index in [1.165, 1.54) is 12.7 Å². The van der Waals surface area contributed by atoms with Crippen LogP contribution in [0, 0.1) is 12.8 Å². The fraction of sp³-hybridized carbons (Fsp3) is 0.235. The first-order chi connectivity index (χ1) is 12.6. The molecule has 4 rings (SSSR count). The van der Waals surface area contributed by atoms with E-state index in [2.05, 4.69) is 25.4 Å².